The second-order valence-corrected chi connectivity index (χ2v) is 9.68. The van der Waals surface area contributed by atoms with Gasteiger partial charge in [0.2, 0.25) is 9.54 Å². The maximum Gasteiger partial charge on any atom is 0.253 e. The van der Waals surface area contributed by atoms with E-state index >= 15 is 0 Å². The van der Waals surface area contributed by atoms with E-state index in [0.29, 0.717) is 21.5 Å². The van der Waals surface area contributed by atoms with E-state index < -0.39 is 15.9 Å². The molecule has 1 atom stereocenters. The van der Waals surface area contributed by atoms with Gasteiger partial charge in [0.1, 0.15) is 6.17 Å². The van der Waals surface area contributed by atoms with Crippen LogP contribution in [0.25, 0.3) is 0 Å². The van der Waals surface area contributed by atoms with Gasteiger partial charge in [-0.1, -0.05) is 58.0 Å². The van der Waals surface area contributed by atoms with Crippen molar-refractivity contribution in [1.29, 1.82) is 0 Å². The predicted molar refractivity (Wildman–Crippen MR) is 133 cm³/mol. The molecule has 0 bridgehead atoms. The highest BCUT2D eigenvalue weighted by atomic mass is 35.6. The fourth-order valence-electron chi connectivity index (χ4n) is 2.50. The Bertz CT molecular complexity index is 978. The van der Waals surface area contributed by atoms with Gasteiger partial charge in [0.15, 0.2) is 16.6 Å². The summed E-state index contributed by atoms with van der Waals surface area (Å²) in [6, 6.07) is 7.72. The summed E-state index contributed by atoms with van der Waals surface area (Å²) < 4.78 is 13.8. The number of thiocarbonyl (C=S) groups is 1. The first kappa shape index (κ1) is 26.7. The predicted octanol–water partition coefficient (Wildman–Crippen LogP) is 5.43. The minimum atomic E-state index is -1.96. The molecule has 7 nitrogen and oxygen atoms in total. The number of hydrogen-bond acceptors (Lipinski definition) is 5. The summed E-state index contributed by atoms with van der Waals surface area (Å²) in [5, 5.41) is 8.97. The van der Waals surface area contributed by atoms with Crippen molar-refractivity contribution in [3.63, 3.8) is 0 Å². The van der Waals surface area contributed by atoms with E-state index in [2.05, 4.69) is 16.0 Å². The largest absolute Gasteiger partial charge is 0.493 e. The number of anilines is 1. The van der Waals surface area contributed by atoms with Gasteiger partial charge in [-0.2, -0.15) is 0 Å². The number of methoxy groups -OCH3 is 3. The SMILES string of the molecule is COc1cc(C(=O)N[C@H](NC(=S)Nc2ccc(Cl)c(Cl)c2)C(Cl)(Cl)Cl)cc(OC)c1OC. The van der Waals surface area contributed by atoms with Gasteiger partial charge in [-0.15, -0.1) is 0 Å². The number of carbonyl (C=O) groups is 1. The number of alkyl halides is 3. The highest BCUT2D eigenvalue weighted by Crippen LogP contribution is 2.38. The van der Waals surface area contributed by atoms with Crippen LogP contribution in [-0.2, 0) is 0 Å². The van der Waals surface area contributed by atoms with Crippen LogP contribution in [0, 0.1) is 0 Å². The third-order valence-electron chi connectivity index (χ3n) is 3.98. The van der Waals surface area contributed by atoms with Gasteiger partial charge >= 0.3 is 0 Å². The van der Waals surface area contributed by atoms with Gasteiger partial charge in [0, 0.05) is 11.3 Å². The molecular weight excluding hydrogens is 544 g/mol. The van der Waals surface area contributed by atoms with Crippen LogP contribution in [0.1, 0.15) is 10.4 Å². The van der Waals surface area contributed by atoms with E-state index in [0.717, 1.165) is 0 Å². The van der Waals surface area contributed by atoms with Gasteiger partial charge in [-0.25, -0.2) is 0 Å². The van der Waals surface area contributed by atoms with Gasteiger partial charge in [-0.05, 0) is 42.5 Å². The van der Waals surface area contributed by atoms with Crippen LogP contribution in [0.4, 0.5) is 5.69 Å². The quantitative estimate of drug-likeness (QED) is 0.236. The monoisotopic (exact) mass is 559 g/mol. The summed E-state index contributed by atoms with van der Waals surface area (Å²) in [5.41, 5.74) is 0.708. The van der Waals surface area contributed by atoms with E-state index in [9.17, 15) is 4.79 Å². The van der Waals surface area contributed by atoms with Crippen LogP contribution in [0.3, 0.4) is 0 Å². The molecule has 2 aromatic carbocycles. The van der Waals surface area contributed by atoms with Crippen LogP contribution in [0.2, 0.25) is 10.0 Å². The molecule has 1 amide bonds. The van der Waals surface area contributed by atoms with Crippen LogP contribution in [0.5, 0.6) is 17.2 Å². The lowest BCUT2D eigenvalue weighted by molar-refractivity contribution is 0.0933. The Labute approximate surface area is 215 Å². The van der Waals surface area contributed by atoms with Crippen LogP contribution in [-0.4, -0.2) is 42.3 Å². The summed E-state index contributed by atoms with van der Waals surface area (Å²) >= 11 is 35.3. The molecule has 0 aromatic heterocycles. The first-order valence-corrected chi connectivity index (χ1v) is 11.0. The summed E-state index contributed by atoms with van der Waals surface area (Å²) in [4.78, 5) is 12.9. The average molecular weight is 562 g/mol. The molecule has 0 aliphatic rings. The van der Waals surface area contributed by atoms with E-state index in [1.165, 1.54) is 33.5 Å². The maximum absolute atomic E-state index is 12.9. The Morgan fingerprint density at radius 1 is 0.938 bits per heavy atom. The molecule has 32 heavy (non-hydrogen) atoms. The van der Waals surface area contributed by atoms with Gasteiger partial charge in [-0.3, -0.25) is 4.79 Å². The smallest absolute Gasteiger partial charge is 0.253 e. The number of nitrogens with one attached hydrogen (secondary N) is 3. The molecule has 0 unspecified atom stereocenters. The average Bonchev–Trinajstić information content (AvgIpc) is 2.73. The van der Waals surface area contributed by atoms with Gasteiger partial charge in [0.25, 0.3) is 5.91 Å². The van der Waals surface area contributed by atoms with Crippen molar-refractivity contribution in [3.05, 3.63) is 45.9 Å². The molecule has 0 saturated heterocycles. The van der Waals surface area contributed by atoms with E-state index in [-0.39, 0.29) is 22.2 Å². The van der Waals surface area contributed by atoms with Crippen LogP contribution in [0.15, 0.2) is 30.3 Å². The second kappa shape index (κ2) is 11.5. The maximum atomic E-state index is 12.9. The topological polar surface area (TPSA) is 80.9 Å². The molecule has 174 valence electrons. The zero-order valence-corrected chi connectivity index (χ0v) is 21.5. The van der Waals surface area contributed by atoms with Crippen molar-refractivity contribution in [3.8, 4) is 17.2 Å². The molecule has 0 heterocycles. The molecule has 0 fully saturated rings. The third kappa shape index (κ3) is 6.97. The molecule has 0 radical (unpaired) electrons. The highest BCUT2D eigenvalue weighted by molar-refractivity contribution is 7.80. The lowest BCUT2D eigenvalue weighted by Crippen LogP contribution is -2.56. The number of hydrogen-bond donors (Lipinski definition) is 3. The lowest BCUT2D eigenvalue weighted by atomic mass is 10.1. The normalized spacial score (nSPS) is 11.9. The van der Waals surface area contributed by atoms with Crippen LogP contribution >= 0.6 is 70.2 Å². The van der Waals surface area contributed by atoms with Gasteiger partial charge < -0.3 is 30.2 Å². The summed E-state index contributed by atoms with van der Waals surface area (Å²) in [6.07, 6.45) is -1.21. The number of amides is 1. The standard InChI is InChI=1S/C19H18Cl5N3O4S/c1-29-13-6-9(7-14(30-2)15(13)31-3)16(28)26-17(19(22,23)24)27-18(32)25-10-4-5-11(20)12(21)8-10/h4-8,17H,1-3H3,(H,26,28)(H2,25,27,32)/t17-/m1/s1. The Morgan fingerprint density at radius 2 is 1.53 bits per heavy atom. The van der Waals surface area contributed by atoms with Gasteiger partial charge in [0.05, 0.1) is 31.4 Å². The van der Waals surface area contributed by atoms with Crippen molar-refractivity contribution in [2.75, 3.05) is 26.6 Å². The first-order chi connectivity index (χ1) is 15.0. The summed E-state index contributed by atoms with van der Waals surface area (Å²) in [6.45, 7) is 0. The van der Waals surface area contributed by atoms with E-state index in [4.69, 9.17) is 84.4 Å². The number of carbonyl (C=O) groups excluding carboxylic acids is 1. The summed E-state index contributed by atoms with van der Waals surface area (Å²) in [7, 11) is 4.31. The molecule has 0 aliphatic carbocycles. The molecule has 0 aliphatic heterocycles. The second-order valence-electron chi connectivity index (χ2n) is 6.09. The molecular formula is C19H18Cl5N3O4S. The molecule has 0 spiro atoms. The fourth-order valence-corrected chi connectivity index (χ4v) is 3.36. The van der Waals surface area contributed by atoms with Crippen molar-refractivity contribution in [2.45, 2.75) is 9.96 Å². The Hall–Kier alpha value is -1.55. The van der Waals surface area contributed by atoms with Crippen LogP contribution < -0.4 is 30.2 Å². The minimum absolute atomic E-state index is 0.0601. The number of rotatable bonds is 7. The number of ether oxygens (including phenoxy) is 3. The lowest BCUT2D eigenvalue weighted by Gasteiger charge is -2.28. The Morgan fingerprint density at radius 3 is 2.00 bits per heavy atom. The zero-order valence-electron chi connectivity index (χ0n) is 16.9. The van der Waals surface area contributed by atoms with Crippen molar-refractivity contribution < 1.29 is 19.0 Å². The first-order valence-electron chi connectivity index (χ1n) is 8.70. The molecule has 3 N–H and O–H groups in total. The molecule has 0 saturated carbocycles. The van der Waals surface area contributed by atoms with Crippen molar-refractivity contribution in [2.24, 2.45) is 0 Å². The van der Waals surface area contributed by atoms with E-state index in [1.54, 1.807) is 18.2 Å². The molecule has 13 heteroatoms. The molecule has 2 rings (SSSR count). The summed E-state index contributed by atoms with van der Waals surface area (Å²) in [5.74, 6) is 0.305. The zero-order chi connectivity index (χ0) is 24.1. The Kier molecular flexibility index (Phi) is 9.63. The van der Waals surface area contributed by atoms with E-state index in [1.807, 2.05) is 0 Å². The minimum Gasteiger partial charge on any atom is -0.493 e. The fraction of sp³-hybridized carbons (Fsp3) is 0.263. The Balaban J connectivity index is 2.21. The highest BCUT2D eigenvalue weighted by Gasteiger charge is 2.35. The molecule has 2 aromatic rings. The van der Waals surface area contributed by atoms with Crippen molar-refractivity contribution in [1.82, 2.24) is 10.6 Å². The third-order valence-corrected chi connectivity index (χ3v) is 5.60. The number of halogens is 5. The van der Waals surface area contributed by atoms with Crippen molar-refractivity contribution >= 4 is 86.9 Å². The number of benzene rings is 2.